The molecule has 2 aromatic heterocycles. The van der Waals surface area contributed by atoms with Crippen molar-refractivity contribution in [2.75, 3.05) is 5.43 Å². The molecule has 0 bridgehead atoms. The highest BCUT2D eigenvalue weighted by Crippen LogP contribution is 2.36. The van der Waals surface area contributed by atoms with E-state index in [2.05, 4.69) is 25.8 Å². The van der Waals surface area contributed by atoms with Crippen molar-refractivity contribution in [1.29, 1.82) is 0 Å². The highest BCUT2D eigenvalue weighted by atomic mass is 35.5. The van der Waals surface area contributed by atoms with Crippen LogP contribution in [-0.4, -0.2) is 25.8 Å². The first-order valence-electron chi connectivity index (χ1n) is 9.28. The van der Waals surface area contributed by atoms with Crippen LogP contribution in [0.3, 0.4) is 0 Å². The average Bonchev–Trinajstić information content (AvgIpc) is 2.77. The average molecular weight is 451 g/mol. The third kappa shape index (κ3) is 4.40. The molecule has 0 atom stereocenters. The number of pyridine rings is 1. The van der Waals surface area contributed by atoms with Crippen LogP contribution in [0.2, 0.25) is 5.02 Å². The molecule has 0 unspecified atom stereocenters. The fraction of sp³-hybridized carbons (Fsp3) is 0.0476. The number of amides is 1. The summed E-state index contributed by atoms with van der Waals surface area (Å²) in [6.45, 7) is 1.83. The minimum absolute atomic E-state index is 0.250. The van der Waals surface area contributed by atoms with E-state index in [-0.39, 0.29) is 17.3 Å². The molecular formula is C21H15ClN6O4. The van der Waals surface area contributed by atoms with Crippen molar-refractivity contribution < 1.29 is 14.5 Å². The highest BCUT2D eigenvalue weighted by Gasteiger charge is 2.26. The van der Waals surface area contributed by atoms with E-state index in [1.165, 1.54) is 6.07 Å². The number of benzene rings is 2. The third-order valence-electron chi connectivity index (χ3n) is 4.38. The van der Waals surface area contributed by atoms with Crippen LogP contribution in [0.15, 0.2) is 60.9 Å². The second kappa shape index (κ2) is 8.82. The Bertz CT molecular complexity index is 1350. The van der Waals surface area contributed by atoms with Gasteiger partial charge in [-0.05, 0) is 37.3 Å². The monoisotopic (exact) mass is 450 g/mol. The van der Waals surface area contributed by atoms with Gasteiger partial charge in [0.15, 0.2) is 5.75 Å². The molecular weight excluding hydrogens is 436 g/mol. The lowest BCUT2D eigenvalue weighted by Gasteiger charge is -2.11. The van der Waals surface area contributed by atoms with Gasteiger partial charge in [0.1, 0.15) is 11.8 Å². The molecule has 32 heavy (non-hydrogen) atoms. The zero-order valence-electron chi connectivity index (χ0n) is 16.6. The number of anilines is 1. The van der Waals surface area contributed by atoms with E-state index in [4.69, 9.17) is 16.3 Å². The van der Waals surface area contributed by atoms with Gasteiger partial charge in [0.05, 0.1) is 4.92 Å². The largest absolute Gasteiger partial charge is 0.431 e. The third-order valence-corrected chi connectivity index (χ3v) is 4.62. The number of aryl methyl sites for hydroxylation is 1. The van der Waals surface area contributed by atoms with E-state index in [1.54, 1.807) is 30.3 Å². The molecule has 160 valence electrons. The van der Waals surface area contributed by atoms with Crippen LogP contribution < -0.4 is 15.6 Å². The highest BCUT2D eigenvalue weighted by molar-refractivity contribution is 6.30. The normalized spacial score (nSPS) is 10.6. The number of ether oxygens (including phenoxy) is 1. The zero-order chi connectivity index (χ0) is 22.7. The molecule has 0 aliphatic carbocycles. The van der Waals surface area contributed by atoms with Crippen molar-refractivity contribution in [2.24, 2.45) is 0 Å². The molecule has 0 radical (unpaired) electrons. The van der Waals surface area contributed by atoms with Crippen LogP contribution in [0, 0.1) is 17.0 Å². The number of hydrogen-bond donors (Lipinski definition) is 2. The molecule has 2 N–H and O–H groups in total. The molecule has 0 aliphatic rings. The maximum absolute atomic E-state index is 12.3. The van der Waals surface area contributed by atoms with Crippen LogP contribution in [-0.2, 0) is 0 Å². The van der Waals surface area contributed by atoms with E-state index in [1.807, 2.05) is 25.1 Å². The number of fused-ring (bicyclic) bond motifs is 1. The van der Waals surface area contributed by atoms with E-state index in [0.29, 0.717) is 16.3 Å². The van der Waals surface area contributed by atoms with E-state index >= 15 is 0 Å². The summed E-state index contributed by atoms with van der Waals surface area (Å²) in [6, 6.07) is 15.2. The number of rotatable bonds is 6. The standard InChI is InChI=1S/C21H15ClN6O4/c1-12-8-9-13-4-3-7-16(17(13)25-12)32-21-18(28(30)31)19(23-11-24-21)26-27-20(29)14-5-2-6-15(22)10-14/h2-11H,1H3,(H,27,29)(H,23,24,26). The lowest BCUT2D eigenvalue weighted by molar-refractivity contribution is -0.385. The van der Waals surface area contributed by atoms with Crippen molar-refractivity contribution >= 4 is 39.9 Å². The van der Waals surface area contributed by atoms with Gasteiger partial charge in [0.25, 0.3) is 5.91 Å². The first-order valence-corrected chi connectivity index (χ1v) is 9.65. The smallest absolute Gasteiger partial charge is 0.374 e. The Morgan fingerprint density at radius 1 is 1.12 bits per heavy atom. The Morgan fingerprint density at radius 3 is 2.72 bits per heavy atom. The summed E-state index contributed by atoms with van der Waals surface area (Å²) in [5.41, 5.74) is 5.81. The van der Waals surface area contributed by atoms with Gasteiger partial charge in [-0.25, -0.2) is 9.97 Å². The van der Waals surface area contributed by atoms with Crippen LogP contribution in [0.4, 0.5) is 11.5 Å². The number of hydrogen-bond acceptors (Lipinski definition) is 8. The first-order chi connectivity index (χ1) is 15.4. The van der Waals surface area contributed by atoms with Gasteiger partial charge in [-0.2, -0.15) is 4.98 Å². The van der Waals surface area contributed by atoms with Gasteiger partial charge in [0, 0.05) is 21.7 Å². The molecule has 0 saturated carbocycles. The predicted octanol–water partition coefficient (Wildman–Crippen LogP) is 4.44. The molecule has 1 amide bonds. The summed E-state index contributed by atoms with van der Waals surface area (Å²) >= 11 is 5.89. The van der Waals surface area contributed by atoms with Gasteiger partial charge in [0.2, 0.25) is 5.82 Å². The van der Waals surface area contributed by atoms with Crippen LogP contribution in [0.25, 0.3) is 10.9 Å². The van der Waals surface area contributed by atoms with Crippen molar-refractivity contribution in [3.63, 3.8) is 0 Å². The number of para-hydroxylation sites is 1. The summed E-state index contributed by atoms with van der Waals surface area (Å²) in [5, 5.41) is 12.9. The number of carbonyl (C=O) groups is 1. The molecule has 0 spiro atoms. The van der Waals surface area contributed by atoms with E-state index in [9.17, 15) is 14.9 Å². The fourth-order valence-electron chi connectivity index (χ4n) is 2.92. The zero-order valence-corrected chi connectivity index (χ0v) is 17.3. The Morgan fingerprint density at radius 2 is 1.94 bits per heavy atom. The number of aromatic nitrogens is 3. The van der Waals surface area contributed by atoms with Crippen LogP contribution in [0.1, 0.15) is 16.1 Å². The Labute approximate surface area is 186 Å². The Kier molecular flexibility index (Phi) is 5.77. The topological polar surface area (TPSA) is 132 Å². The second-order valence-corrected chi connectivity index (χ2v) is 7.04. The van der Waals surface area contributed by atoms with Crippen LogP contribution in [0.5, 0.6) is 11.6 Å². The minimum Gasteiger partial charge on any atom is -0.431 e. The fourth-order valence-corrected chi connectivity index (χ4v) is 3.11. The molecule has 2 heterocycles. The van der Waals surface area contributed by atoms with E-state index in [0.717, 1.165) is 17.4 Å². The molecule has 0 saturated heterocycles. The number of carbonyl (C=O) groups excluding carboxylic acids is 1. The first kappa shape index (κ1) is 20.9. The molecule has 11 heteroatoms. The van der Waals surface area contributed by atoms with Gasteiger partial charge < -0.3 is 4.74 Å². The number of nitro groups is 1. The van der Waals surface area contributed by atoms with Crippen LogP contribution >= 0.6 is 11.6 Å². The molecule has 10 nitrogen and oxygen atoms in total. The van der Waals surface area contributed by atoms with Crippen molar-refractivity contribution in [3.05, 3.63) is 87.3 Å². The minimum atomic E-state index is -0.701. The summed E-state index contributed by atoms with van der Waals surface area (Å²) < 4.78 is 5.76. The second-order valence-electron chi connectivity index (χ2n) is 6.61. The van der Waals surface area contributed by atoms with Gasteiger partial charge >= 0.3 is 11.6 Å². The maximum atomic E-state index is 12.3. The SMILES string of the molecule is Cc1ccc2cccc(Oc3ncnc(NNC(=O)c4cccc(Cl)c4)c3[N+](=O)[O-])c2n1. The Hall–Kier alpha value is -4.31. The molecule has 2 aromatic carbocycles. The van der Waals surface area contributed by atoms with Gasteiger partial charge in [-0.1, -0.05) is 35.9 Å². The number of hydrazine groups is 1. The Balaban J connectivity index is 1.64. The number of nitrogens with zero attached hydrogens (tertiary/aromatic N) is 4. The number of nitrogens with one attached hydrogen (secondary N) is 2. The molecule has 4 rings (SSSR count). The van der Waals surface area contributed by atoms with E-state index < -0.39 is 16.5 Å². The quantitative estimate of drug-likeness (QED) is 0.325. The summed E-state index contributed by atoms with van der Waals surface area (Å²) in [6.07, 6.45) is 1.08. The molecule has 0 aliphatic heterocycles. The summed E-state index contributed by atoms with van der Waals surface area (Å²) in [7, 11) is 0. The summed E-state index contributed by atoms with van der Waals surface area (Å²) in [4.78, 5) is 35.6. The maximum Gasteiger partial charge on any atom is 0.374 e. The van der Waals surface area contributed by atoms with Crippen molar-refractivity contribution in [2.45, 2.75) is 6.92 Å². The molecule has 0 fully saturated rings. The predicted molar refractivity (Wildman–Crippen MR) is 118 cm³/mol. The van der Waals surface area contributed by atoms with Gasteiger partial charge in [-0.3, -0.25) is 25.8 Å². The number of halogens is 1. The van der Waals surface area contributed by atoms with Gasteiger partial charge in [-0.15, -0.1) is 0 Å². The summed E-state index contributed by atoms with van der Waals surface area (Å²) in [5.74, 6) is -0.821. The lowest BCUT2D eigenvalue weighted by atomic mass is 10.2. The molecule has 4 aromatic rings. The van der Waals surface area contributed by atoms with Crippen molar-refractivity contribution in [1.82, 2.24) is 20.4 Å². The lowest BCUT2D eigenvalue weighted by Crippen LogP contribution is -2.30. The van der Waals surface area contributed by atoms with Crippen molar-refractivity contribution in [3.8, 4) is 11.6 Å².